The lowest BCUT2D eigenvalue weighted by atomic mass is 9.88. The molecule has 0 heterocycles. The number of halogens is 1. The van der Waals surface area contributed by atoms with E-state index in [1.807, 2.05) is 6.08 Å². The predicted molar refractivity (Wildman–Crippen MR) is 40.1 cm³/mol. The Hall–Kier alpha value is 0.0249. The van der Waals surface area contributed by atoms with Crippen LogP contribution in [0.1, 0.15) is 12.8 Å². The normalized spacial score (nSPS) is 19.6. The lowest BCUT2D eigenvalue weighted by molar-refractivity contribution is 1.01. The second kappa shape index (κ2) is 2.54. The lowest BCUT2D eigenvalue weighted by Gasteiger charge is -2.03. The first-order chi connectivity index (χ1) is 3.79. The van der Waals surface area contributed by atoms with Crippen molar-refractivity contribution in [3.8, 4) is 0 Å². The van der Waals surface area contributed by atoms with Gasteiger partial charge in [0, 0.05) is 4.48 Å². The van der Waals surface area contributed by atoms with Gasteiger partial charge in [-0.05, 0) is 12.8 Å². The van der Waals surface area contributed by atoms with Crippen molar-refractivity contribution in [3.63, 3.8) is 0 Å². The zero-order valence-electron chi connectivity index (χ0n) is 4.52. The maximum Gasteiger partial charge on any atom is 0.107 e. The maximum atomic E-state index is 5.52. The molecule has 0 aromatic heterocycles. The number of allylic oxidation sites excluding steroid dienone is 4. The predicted octanol–water partition coefficient (Wildman–Crippen LogP) is 2.11. The minimum Gasteiger partial charge on any atom is -0.116 e. The van der Waals surface area contributed by atoms with Gasteiger partial charge >= 0.3 is 0 Å². The first kappa shape index (κ1) is 6.15. The zero-order valence-corrected chi connectivity index (χ0v) is 6.11. The number of hydrogen-bond acceptors (Lipinski definition) is 0. The van der Waals surface area contributed by atoms with Crippen LogP contribution in [0.5, 0.6) is 0 Å². The van der Waals surface area contributed by atoms with Crippen LogP contribution in [0.4, 0.5) is 0 Å². The fraction of sp³-hybridized carbons (Fsp3) is 0.333. The minimum absolute atomic E-state index is 0.972. The van der Waals surface area contributed by atoms with E-state index in [2.05, 4.69) is 22.0 Å². The highest BCUT2D eigenvalue weighted by Gasteiger charge is 1.95. The largest absolute Gasteiger partial charge is 0.116 e. The number of hydrogen-bond donors (Lipinski definition) is 0. The summed E-state index contributed by atoms with van der Waals surface area (Å²) in [6.45, 7) is 0. The summed E-state index contributed by atoms with van der Waals surface area (Å²) in [7, 11) is 5.52. The Morgan fingerprint density at radius 3 is 2.75 bits per heavy atom. The topological polar surface area (TPSA) is 0 Å². The molecule has 0 spiro atoms. The zero-order chi connectivity index (χ0) is 5.98. The molecule has 2 radical (unpaired) electrons. The average Bonchev–Trinajstić information content (AvgIpc) is 1.64. The molecule has 2 heteroatoms. The second-order valence-electron chi connectivity index (χ2n) is 1.85. The highest BCUT2D eigenvalue weighted by atomic mass is 79.9. The van der Waals surface area contributed by atoms with Crippen LogP contribution in [0.25, 0.3) is 0 Å². The molecule has 0 fully saturated rings. The summed E-state index contributed by atoms with van der Waals surface area (Å²) in [5, 5.41) is 0. The molecule has 0 aliphatic heterocycles. The van der Waals surface area contributed by atoms with Gasteiger partial charge in [-0.2, -0.15) is 0 Å². The summed E-state index contributed by atoms with van der Waals surface area (Å²) in [6.07, 6.45) is 6.15. The van der Waals surface area contributed by atoms with E-state index in [1.54, 1.807) is 0 Å². The van der Waals surface area contributed by atoms with E-state index in [1.165, 1.54) is 0 Å². The Balaban J connectivity index is 2.69. The SMILES string of the molecule is [B]C1=CC(Br)=CCC1. The van der Waals surface area contributed by atoms with Crippen molar-refractivity contribution in [3.05, 3.63) is 22.1 Å². The average molecular weight is 169 g/mol. The van der Waals surface area contributed by atoms with E-state index < -0.39 is 0 Å². The Labute approximate surface area is 59.2 Å². The van der Waals surface area contributed by atoms with Gasteiger partial charge in [0.05, 0.1) is 0 Å². The van der Waals surface area contributed by atoms with Crippen molar-refractivity contribution in [1.29, 1.82) is 0 Å². The first-order valence-corrected chi connectivity index (χ1v) is 3.40. The summed E-state index contributed by atoms with van der Waals surface area (Å²) >= 11 is 3.33. The molecule has 0 aromatic carbocycles. The van der Waals surface area contributed by atoms with E-state index in [4.69, 9.17) is 7.85 Å². The molecule has 0 nitrogen and oxygen atoms in total. The van der Waals surface area contributed by atoms with Gasteiger partial charge in [0.25, 0.3) is 0 Å². The van der Waals surface area contributed by atoms with Crippen LogP contribution in [-0.4, -0.2) is 7.85 Å². The molecule has 0 unspecified atom stereocenters. The summed E-state index contributed by atoms with van der Waals surface area (Å²) < 4.78 is 1.11. The second-order valence-corrected chi connectivity index (χ2v) is 2.76. The highest BCUT2D eigenvalue weighted by Crippen LogP contribution is 2.18. The van der Waals surface area contributed by atoms with E-state index in [0.717, 1.165) is 22.8 Å². The van der Waals surface area contributed by atoms with Crippen molar-refractivity contribution in [2.75, 3.05) is 0 Å². The fourth-order valence-corrected chi connectivity index (χ4v) is 1.21. The molecule has 40 valence electrons. The molecule has 1 aliphatic carbocycles. The monoisotopic (exact) mass is 168 g/mol. The van der Waals surface area contributed by atoms with Crippen molar-refractivity contribution in [2.24, 2.45) is 0 Å². The van der Waals surface area contributed by atoms with Gasteiger partial charge in [0.15, 0.2) is 0 Å². The quantitative estimate of drug-likeness (QED) is 0.487. The van der Waals surface area contributed by atoms with Crippen molar-refractivity contribution in [2.45, 2.75) is 12.8 Å². The molecule has 0 atom stereocenters. The molecule has 1 aliphatic rings. The van der Waals surface area contributed by atoms with Gasteiger partial charge in [-0.25, -0.2) is 0 Å². The van der Waals surface area contributed by atoms with Crippen LogP contribution in [0.3, 0.4) is 0 Å². The van der Waals surface area contributed by atoms with E-state index in [0.29, 0.717) is 0 Å². The van der Waals surface area contributed by atoms with Crippen LogP contribution >= 0.6 is 15.9 Å². The highest BCUT2D eigenvalue weighted by molar-refractivity contribution is 9.11. The van der Waals surface area contributed by atoms with Crippen LogP contribution in [0.15, 0.2) is 22.1 Å². The van der Waals surface area contributed by atoms with Crippen LogP contribution in [-0.2, 0) is 0 Å². The lowest BCUT2D eigenvalue weighted by Crippen LogP contribution is -1.86. The van der Waals surface area contributed by atoms with Crippen LogP contribution in [0, 0.1) is 0 Å². The molecule has 0 saturated heterocycles. The molecule has 0 bridgehead atoms. The maximum absolute atomic E-state index is 5.52. The third-order valence-electron chi connectivity index (χ3n) is 1.10. The van der Waals surface area contributed by atoms with Crippen molar-refractivity contribution >= 4 is 23.8 Å². The Bertz CT molecular complexity index is 147. The van der Waals surface area contributed by atoms with Gasteiger partial charge in [-0.1, -0.05) is 28.1 Å². The summed E-state index contributed by atoms with van der Waals surface area (Å²) in [5.74, 6) is 0. The molecule has 0 amide bonds. The first-order valence-electron chi connectivity index (χ1n) is 2.61. The summed E-state index contributed by atoms with van der Waals surface area (Å²) in [4.78, 5) is 0. The number of rotatable bonds is 0. The van der Waals surface area contributed by atoms with Crippen molar-refractivity contribution < 1.29 is 0 Å². The standard InChI is InChI=1S/C6H6BBr/c7-5-2-1-3-6(8)4-5/h3-4H,1-2H2. The third-order valence-corrected chi connectivity index (χ3v) is 1.65. The summed E-state index contributed by atoms with van der Waals surface area (Å²) in [6, 6.07) is 0. The molecule has 0 N–H and O–H groups in total. The van der Waals surface area contributed by atoms with Gasteiger partial charge < -0.3 is 0 Å². The smallest absolute Gasteiger partial charge is 0.107 e. The minimum atomic E-state index is 0.972. The van der Waals surface area contributed by atoms with E-state index >= 15 is 0 Å². The molecule has 0 saturated carbocycles. The Morgan fingerprint density at radius 1 is 1.62 bits per heavy atom. The Kier molecular flexibility index (Phi) is 1.95. The van der Waals surface area contributed by atoms with Gasteiger partial charge in [0.2, 0.25) is 0 Å². The van der Waals surface area contributed by atoms with Crippen molar-refractivity contribution in [1.82, 2.24) is 0 Å². The van der Waals surface area contributed by atoms with E-state index in [9.17, 15) is 0 Å². The van der Waals surface area contributed by atoms with Gasteiger partial charge in [-0.3, -0.25) is 0 Å². The van der Waals surface area contributed by atoms with Crippen LogP contribution < -0.4 is 0 Å². The summed E-state index contributed by atoms with van der Waals surface area (Å²) in [5.41, 5.74) is 0.972. The van der Waals surface area contributed by atoms with Gasteiger partial charge in [0.1, 0.15) is 7.85 Å². The molecule has 8 heavy (non-hydrogen) atoms. The van der Waals surface area contributed by atoms with E-state index in [-0.39, 0.29) is 0 Å². The molecular weight excluding hydrogens is 163 g/mol. The fourth-order valence-electron chi connectivity index (χ4n) is 0.685. The Morgan fingerprint density at radius 2 is 2.38 bits per heavy atom. The molecule has 0 aromatic rings. The molecule has 1 rings (SSSR count). The molecular formula is C6H6BBr. The van der Waals surface area contributed by atoms with Crippen LogP contribution in [0.2, 0.25) is 0 Å². The third kappa shape index (κ3) is 1.51. The van der Waals surface area contributed by atoms with Gasteiger partial charge in [-0.15, -0.1) is 5.47 Å².